The third-order valence-corrected chi connectivity index (χ3v) is 9.46. The Hall–Kier alpha value is -3.65. The van der Waals surface area contributed by atoms with Crippen molar-refractivity contribution in [2.45, 2.75) is 23.8 Å². The number of morpholine rings is 1. The largest absolute Gasteiger partial charge is 0.379 e. The fourth-order valence-electron chi connectivity index (χ4n) is 5.63. The zero-order valence-corrected chi connectivity index (χ0v) is 24.8. The van der Waals surface area contributed by atoms with Crippen molar-refractivity contribution in [2.75, 3.05) is 77.0 Å². The van der Waals surface area contributed by atoms with Crippen LogP contribution < -0.4 is 15.8 Å². The molecule has 2 aliphatic rings. The molecule has 0 radical (unpaired) electrons. The molecule has 2 aromatic carbocycles. The SMILES string of the molecule is Cc1ccc(S(=O)c2n[nH]n3c2nc(=O)c2ccc(N4CCN(CC(=O)NCCN5CCOCC5)CC4)cc23)c(C)c1. The van der Waals surface area contributed by atoms with Crippen molar-refractivity contribution in [1.29, 1.82) is 0 Å². The standard InChI is InChI=1S/C29H36N8O4S/c1-20-3-6-25(21(2)17-20)42(40)29-27-31-28(39)23-5-4-22(18-24(23)37(27)33-32-29)36-11-9-35(10-12-36)19-26(38)30-7-8-34-13-15-41-16-14-34/h3-6,17-18,33H,7-16,19H2,1-2H3,(H,30,38). The Balaban J connectivity index is 1.13. The highest BCUT2D eigenvalue weighted by atomic mass is 32.2. The normalized spacial score (nSPS) is 17.6. The van der Waals surface area contributed by atoms with E-state index in [1.54, 1.807) is 10.6 Å². The lowest BCUT2D eigenvalue weighted by atomic mass is 10.2. The van der Waals surface area contributed by atoms with E-state index in [-0.39, 0.29) is 22.1 Å². The molecule has 4 heterocycles. The number of H-pyrrole nitrogens is 1. The molecular weight excluding hydrogens is 556 g/mol. The molecule has 2 aromatic heterocycles. The van der Waals surface area contributed by atoms with E-state index in [0.29, 0.717) is 28.9 Å². The van der Waals surface area contributed by atoms with Crippen molar-refractivity contribution in [2.24, 2.45) is 0 Å². The number of rotatable bonds is 8. The lowest BCUT2D eigenvalue weighted by molar-refractivity contribution is -0.122. The molecule has 0 aliphatic carbocycles. The van der Waals surface area contributed by atoms with Gasteiger partial charge in [0.1, 0.15) is 10.8 Å². The highest BCUT2D eigenvalue weighted by Crippen LogP contribution is 2.25. The van der Waals surface area contributed by atoms with Crippen LogP contribution in [0.1, 0.15) is 11.1 Å². The number of nitrogens with zero attached hydrogens (tertiary/aromatic N) is 6. The number of hydrogen-bond acceptors (Lipinski definition) is 9. The third-order valence-electron chi connectivity index (χ3n) is 7.98. The summed E-state index contributed by atoms with van der Waals surface area (Å²) in [4.78, 5) is 37.1. The summed E-state index contributed by atoms with van der Waals surface area (Å²) in [5, 5.41) is 11.0. The van der Waals surface area contributed by atoms with Gasteiger partial charge in [0.2, 0.25) is 5.91 Å². The Morgan fingerprint density at radius 1 is 1.02 bits per heavy atom. The van der Waals surface area contributed by atoms with Crippen LogP contribution in [0.2, 0.25) is 0 Å². The maximum absolute atomic E-state index is 13.5. The smallest absolute Gasteiger partial charge is 0.281 e. The summed E-state index contributed by atoms with van der Waals surface area (Å²) in [7, 11) is -1.60. The van der Waals surface area contributed by atoms with Gasteiger partial charge in [0.25, 0.3) is 5.56 Å². The van der Waals surface area contributed by atoms with Gasteiger partial charge in [0.15, 0.2) is 10.7 Å². The summed E-state index contributed by atoms with van der Waals surface area (Å²) < 4.78 is 20.5. The summed E-state index contributed by atoms with van der Waals surface area (Å²) in [6.07, 6.45) is 0. The zero-order valence-electron chi connectivity index (χ0n) is 24.0. The molecule has 1 atom stereocenters. The van der Waals surface area contributed by atoms with Crippen LogP contribution in [0.4, 0.5) is 5.69 Å². The van der Waals surface area contributed by atoms with E-state index in [2.05, 4.69) is 35.3 Å². The Kier molecular flexibility index (Phi) is 8.34. The van der Waals surface area contributed by atoms with Gasteiger partial charge < -0.3 is 15.0 Å². The van der Waals surface area contributed by atoms with E-state index >= 15 is 0 Å². The van der Waals surface area contributed by atoms with Crippen LogP contribution in [0.5, 0.6) is 0 Å². The average Bonchev–Trinajstić information content (AvgIpc) is 3.41. The average molecular weight is 593 g/mol. The van der Waals surface area contributed by atoms with Gasteiger partial charge in [-0.1, -0.05) is 17.7 Å². The number of aryl methyl sites for hydroxylation is 2. The second kappa shape index (κ2) is 12.3. The number of carbonyl (C=O) groups excluding carboxylic acids is 1. The van der Waals surface area contributed by atoms with Crippen molar-refractivity contribution in [1.82, 2.24) is 34.9 Å². The van der Waals surface area contributed by atoms with Crippen molar-refractivity contribution in [3.8, 4) is 0 Å². The van der Waals surface area contributed by atoms with Crippen molar-refractivity contribution >= 4 is 38.9 Å². The first kappa shape index (κ1) is 28.5. The Morgan fingerprint density at radius 3 is 2.57 bits per heavy atom. The first-order valence-electron chi connectivity index (χ1n) is 14.3. The Bertz CT molecular complexity index is 1690. The number of hydrogen-bond donors (Lipinski definition) is 2. The van der Waals surface area contributed by atoms with Gasteiger partial charge in [-0.2, -0.15) is 4.98 Å². The minimum absolute atomic E-state index is 0.0462. The molecule has 42 heavy (non-hydrogen) atoms. The molecule has 1 amide bonds. The second-order valence-electron chi connectivity index (χ2n) is 10.9. The number of ether oxygens (including phenoxy) is 1. The lowest BCUT2D eigenvalue weighted by Gasteiger charge is -2.35. The van der Waals surface area contributed by atoms with Gasteiger partial charge in [0.05, 0.1) is 30.7 Å². The van der Waals surface area contributed by atoms with Crippen LogP contribution in [0.3, 0.4) is 0 Å². The van der Waals surface area contributed by atoms with E-state index in [9.17, 15) is 13.8 Å². The molecule has 0 spiro atoms. The van der Waals surface area contributed by atoms with Gasteiger partial charge in [-0.05, 0) is 43.7 Å². The molecule has 222 valence electrons. The van der Waals surface area contributed by atoms with Crippen LogP contribution >= 0.6 is 0 Å². The molecule has 13 heteroatoms. The summed E-state index contributed by atoms with van der Waals surface area (Å²) >= 11 is 0. The Morgan fingerprint density at radius 2 is 1.81 bits per heavy atom. The number of aromatic nitrogens is 4. The lowest BCUT2D eigenvalue weighted by Crippen LogP contribution is -2.50. The van der Waals surface area contributed by atoms with Crippen LogP contribution in [0.25, 0.3) is 16.6 Å². The molecule has 1 unspecified atom stereocenters. The summed E-state index contributed by atoms with van der Waals surface area (Å²) in [5.74, 6) is 0.0462. The van der Waals surface area contributed by atoms with E-state index in [1.165, 1.54) is 0 Å². The fourth-order valence-corrected chi connectivity index (χ4v) is 6.81. The monoisotopic (exact) mass is 592 g/mol. The zero-order chi connectivity index (χ0) is 29.2. The van der Waals surface area contributed by atoms with E-state index in [1.807, 2.05) is 44.2 Å². The highest BCUT2D eigenvalue weighted by molar-refractivity contribution is 7.85. The maximum atomic E-state index is 13.5. The van der Waals surface area contributed by atoms with Gasteiger partial charge >= 0.3 is 0 Å². The minimum Gasteiger partial charge on any atom is -0.379 e. The fraction of sp³-hybridized carbons (Fsp3) is 0.448. The first-order valence-corrected chi connectivity index (χ1v) is 15.5. The van der Waals surface area contributed by atoms with Crippen molar-refractivity contribution in [3.63, 3.8) is 0 Å². The topological polar surface area (TPSA) is 128 Å². The van der Waals surface area contributed by atoms with Crippen molar-refractivity contribution in [3.05, 3.63) is 57.9 Å². The number of aromatic amines is 1. The summed E-state index contributed by atoms with van der Waals surface area (Å²) in [5.41, 5.74) is 3.43. The number of amides is 1. The number of carbonyl (C=O) groups is 1. The number of fused-ring (bicyclic) bond motifs is 3. The molecule has 2 aliphatic heterocycles. The predicted molar refractivity (Wildman–Crippen MR) is 161 cm³/mol. The molecule has 4 aromatic rings. The molecule has 6 rings (SSSR count). The maximum Gasteiger partial charge on any atom is 0.281 e. The molecular formula is C29H36N8O4S. The van der Waals surface area contributed by atoms with Crippen LogP contribution in [-0.4, -0.2) is 112 Å². The first-order chi connectivity index (χ1) is 20.4. The van der Waals surface area contributed by atoms with Gasteiger partial charge in [0, 0.05) is 62.9 Å². The number of benzene rings is 2. The summed E-state index contributed by atoms with van der Waals surface area (Å²) in [6.45, 7) is 12.1. The molecule has 0 saturated carbocycles. The molecule has 2 fully saturated rings. The van der Waals surface area contributed by atoms with E-state index in [4.69, 9.17) is 4.74 Å². The van der Waals surface area contributed by atoms with E-state index < -0.39 is 10.8 Å². The van der Waals surface area contributed by atoms with Crippen LogP contribution in [0.15, 0.2) is 51.1 Å². The molecule has 2 saturated heterocycles. The van der Waals surface area contributed by atoms with Crippen LogP contribution in [-0.2, 0) is 20.3 Å². The quantitative estimate of drug-likeness (QED) is 0.307. The third kappa shape index (κ3) is 5.95. The highest BCUT2D eigenvalue weighted by Gasteiger charge is 2.23. The molecule has 0 bridgehead atoms. The van der Waals surface area contributed by atoms with E-state index in [0.717, 1.165) is 75.8 Å². The number of piperazine rings is 1. The Labute approximate surface area is 246 Å². The summed E-state index contributed by atoms with van der Waals surface area (Å²) in [6, 6.07) is 11.4. The number of anilines is 1. The van der Waals surface area contributed by atoms with Gasteiger partial charge in [-0.3, -0.25) is 19.4 Å². The second-order valence-corrected chi connectivity index (χ2v) is 12.3. The van der Waals surface area contributed by atoms with Crippen molar-refractivity contribution < 1.29 is 13.7 Å². The van der Waals surface area contributed by atoms with Crippen LogP contribution in [0, 0.1) is 13.8 Å². The minimum atomic E-state index is -1.60. The predicted octanol–water partition coefficient (Wildman–Crippen LogP) is 0.925. The number of nitrogens with one attached hydrogen (secondary N) is 2. The molecule has 12 nitrogen and oxygen atoms in total. The van der Waals surface area contributed by atoms with Gasteiger partial charge in [-0.25, -0.2) is 13.9 Å². The van der Waals surface area contributed by atoms with Gasteiger partial charge in [-0.15, -0.1) is 5.10 Å². The molecule has 2 N–H and O–H groups in total.